The zero-order valence-corrected chi connectivity index (χ0v) is 9.30. The van der Waals surface area contributed by atoms with Crippen LogP contribution in [0.15, 0.2) is 18.3 Å². The quantitative estimate of drug-likeness (QED) is 0.588. The number of nitro groups is 1. The molecule has 2 rings (SSSR count). The summed E-state index contributed by atoms with van der Waals surface area (Å²) in [5.74, 6) is 0. The van der Waals surface area contributed by atoms with E-state index in [-0.39, 0.29) is 10.6 Å². The molecule has 2 aromatic heterocycles. The van der Waals surface area contributed by atoms with Gasteiger partial charge in [-0.2, -0.15) is 0 Å². The summed E-state index contributed by atoms with van der Waals surface area (Å²) in [4.78, 5) is 14.8. The standard InChI is InChI=1S/C11H13N3O2/c1-3-4-9-7-13-8(2)10(14(15)16)5-6-11(13)12-9/h5-7H,3-4H2,1-2H3. The number of fused-ring (bicyclic) bond motifs is 1. The van der Waals surface area contributed by atoms with Crippen LogP contribution in [-0.2, 0) is 6.42 Å². The van der Waals surface area contributed by atoms with Crippen LogP contribution in [-0.4, -0.2) is 14.3 Å². The van der Waals surface area contributed by atoms with Crippen LogP contribution in [0.25, 0.3) is 5.65 Å². The van der Waals surface area contributed by atoms with E-state index < -0.39 is 0 Å². The predicted octanol–water partition coefficient (Wildman–Crippen LogP) is 2.50. The summed E-state index contributed by atoms with van der Waals surface area (Å²) in [6, 6.07) is 3.19. The fraction of sp³-hybridized carbons (Fsp3) is 0.364. The van der Waals surface area contributed by atoms with Crippen molar-refractivity contribution in [2.75, 3.05) is 0 Å². The van der Waals surface area contributed by atoms with Gasteiger partial charge < -0.3 is 0 Å². The number of hydrogen-bond acceptors (Lipinski definition) is 3. The first-order valence-electron chi connectivity index (χ1n) is 5.25. The molecule has 5 heteroatoms. The molecule has 0 unspecified atom stereocenters. The molecule has 2 heterocycles. The second-order valence-electron chi connectivity index (χ2n) is 3.77. The van der Waals surface area contributed by atoms with E-state index in [0.29, 0.717) is 5.69 Å². The van der Waals surface area contributed by atoms with Crippen molar-refractivity contribution in [2.45, 2.75) is 26.7 Å². The van der Waals surface area contributed by atoms with Gasteiger partial charge in [0.2, 0.25) is 0 Å². The van der Waals surface area contributed by atoms with Crippen LogP contribution in [0.1, 0.15) is 24.7 Å². The van der Waals surface area contributed by atoms with E-state index in [4.69, 9.17) is 0 Å². The first-order chi connectivity index (χ1) is 7.63. The molecule has 0 saturated heterocycles. The summed E-state index contributed by atoms with van der Waals surface area (Å²) < 4.78 is 1.78. The number of pyridine rings is 1. The fourth-order valence-corrected chi connectivity index (χ4v) is 1.80. The molecule has 84 valence electrons. The highest BCUT2D eigenvalue weighted by Gasteiger charge is 2.14. The maximum Gasteiger partial charge on any atom is 0.288 e. The highest BCUT2D eigenvalue weighted by molar-refractivity contribution is 5.49. The SMILES string of the molecule is CCCc1cn2c(C)c([N+](=O)[O-])ccc2n1. The molecule has 0 spiro atoms. The minimum Gasteiger partial charge on any atom is -0.297 e. The minimum absolute atomic E-state index is 0.132. The Labute approximate surface area is 92.9 Å². The molecule has 0 bridgehead atoms. The Morgan fingerprint density at radius 1 is 1.50 bits per heavy atom. The maximum absolute atomic E-state index is 10.8. The third-order valence-electron chi connectivity index (χ3n) is 2.61. The molecule has 0 aromatic carbocycles. The van der Waals surface area contributed by atoms with Crippen LogP contribution < -0.4 is 0 Å². The first kappa shape index (κ1) is 10.6. The molecule has 0 aliphatic rings. The zero-order valence-electron chi connectivity index (χ0n) is 9.30. The van der Waals surface area contributed by atoms with Gasteiger partial charge in [-0.1, -0.05) is 13.3 Å². The van der Waals surface area contributed by atoms with Gasteiger partial charge in [0.05, 0.1) is 16.3 Å². The van der Waals surface area contributed by atoms with Crippen molar-refractivity contribution in [1.29, 1.82) is 0 Å². The monoisotopic (exact) mass is 219 g/mol. The lowest BCUT2D eigenvalue weighted by Gasteiger charge is -1.99. The van der Waals surface area contributed by atoms with Gasteiger partial charge in [-0.3, -0.25) is 14.5 Å². The Bertz CT molecular complexity index is 545. The molecular weight excluding hydrogens is 206 g/mol. The molecular formula is C11H13N3O2. The van der Waals surface area contributed by atoms with Gasteiger partial charge in [-0.25, -0.2) is 4.98 Å². The van der Waals surface area contributed by atoms with Gasteiger partial charge >= 0.3 is 0 Å². The number of hydrogen-bond donors (Lipinski definition) is 0. The number of aryl methyl sites for hydroxylation is 2. The van der Waals surface area contributed by atoms with Crippen LogP contribution in [0.4, 0.5) is 5.69 Å². The normalized spacial score (nSPS) is 10.9. The van der Waals surface area contributed by atoms with Crippen molar-refractivity contribution < 1.29 is 4.92 Å². The Balaban J connectivity index is 2.60. The molecule has 0 atom stereocenters. The Hall–Kier alpha value is -1.91. The molecule has 0 radical (unpaired) electrons. The third-order valence-corrected chi connectivity index (χ3v) is 2.61. The Kier molecular flexibility index (Phi) is 2.60. The van der Waals surface area contributed by atoms with E-state index in [1.165, 1.54) is 6.07 Å². The van der Waals surface area contributed by atoms with E-state index in [2.05, 4.69) is 11.9 Å². The van der Waals surface area contributed by atoms with Gasteiger partial charge in [0, 0.05) is 12.3 Å². The Morgan fingerprint density at radius 2 is 2.25 bits per heavy atom. The lowest BCUT2D eigenvalue weighted by Crippen LogP contribution is -1.97. The smallest absolute Gasteiger partial charge is 0.288 e. The van der Waals surface area contributed by atoms with Crippen molar-refractivity contribution in [2.24, 2.45) is 0 Å². The van der Waals surface area contributed by atoms with Crippen molar-refractivity contribution in [3.05, 3.63) is 39.8 Å². The summed E-state index contributed by atoms with van der Waals surface area (Å²) in [7, 11) is 0. The highest BCUT2D eigenvalue weighted by Crippen LogP contribution is 2.20. The van der Waals surface area contributed by atoms with Crippen molar-refractivity contribution in [3.63, 3.8) is 0 Å². The maximum atomic E-state index is 10.8. The van der Waals surface area contributed by atoms with E-state index in [9.17, 15) is 10.1 Å². The van der Waals surface area contributed by atoms with Crippen molar-refractivity contribution in [1.82, 2.24) is 9.38 Å². The molecule has 0 fully saturated rings. The highest BCUT2D eigenvalue weighted by atomic mass is 16.6. The van der Waals surface area contributed by atoms with Gasteiger partial charge in [0.15, 0.2) is 0 Å². The van der Waals surface area contributed by atoms with Gasteiger partial charge in [-0.05, 0) is 19.4 Å². The van der Waals surface area contributed by atoms with Crippen LogP contribution in [0, 0.1) is 17.0 Å². The molecule has 2 aromatic rings. The first-order valence-corrected chi connectivity index (χ1v) is 5.25. The van der Waals surface area contributed by atoms with Gasteiger partial charge in [0.1, 0.15) is 5.65 Å². The third kappa shape index (κ3) is 1.64. The summed E-state index contributed by atoms with van der Waals surface area (Å²) in [6.07, 6.45) is 3.79. The summed E-state index contributed by atoms with van der Waals surface area (Å²) >= 11 is 0. The second kappa shape index (κ2) is 3.92. The van der Waals surface area contributed by atoms with Crippen LogP contribution in [0.5, 0.6) is 0 Å². The molecule has 5 nitrogen and oxygen atoms in total. The van der Waals surface area contributed by atoms with Gasteiger partial charge in [0.25, 0.3) is 5.69 Å². The minimum atomic E-state index is -0.367. The number of aromatic nitrogens is 2. The van der Waals surface area contributed by atoms with E-state index >= 15 is 0 Å². The van der Waals surface area contributed by atoms with Crippen LogP contribution in [0.2, 0.25) is 0 Å². The molecule has 16 heavy (non-hydrogen) atoms. The van der Waals surface area contributed by atoms with Gasteiger partial charge in [-0.15, -0.1) is 0 Å². The van der Waals surface area contributed by atoms with Crippen LogP contribution in [0.3, 0.4) is 0 Å². The summed E-state index contributed by atoms with van der Waals surface area (Å²) in [5.41, 5.74) is 2.50. The van der Waals surface area contributed by atoms with Crippen molar-refractivity contribution >= 4 is 11.3 Å². The fourth-order valence-electron chi connectivity index (χ4n) is 1.80. The second-order valence-corrected chi connectivity index (χ2v) is 3.77. The molecule has 0 aliphatic carbocycles. The number of nitrogens with zero attached hydrogens (tertiary/aromatic N) is 3. The molecule has 0 aliphatic heterocycles. The zero-order chi connectivity index (χ0) is 11.7. The summed E-state index contributed by atoms with van der Waals surface area (Å²) in [5, 5.41) is 10.8. The lowest BCUT2D eigenvalue weighted by molar-refractivity contribution is -0.385. The van der Waals surface area contributed by atoms with E-state index in [1.807, 2.05) is 6.20 Å². The average Bonchev–Trinajstić information content (AvgIpc) is 2.62. The molecule has 0 amide bonds. The molecule has 0 saturated carbocycles. The number of imidazole rings is 1. The van der Waals surface area contributed by atoms with Crippen molar-refractivity contribution in [3.8, 4) is 0 Å². The number of rotatable bonds is 3. The summed E-state index contributed by atoms with van der Waals surface area (Å²) in [6.45, 7) is 3.82. The van der Waals surface area contributed by atoms with Crippen LogP contribution >= 0.6 is 0 Å². The topological polar surface area (TPSA) is 60.4 Å². The largest absolute Gasteiger partial charge is 0.297 e. The van der Waals surface area contributed by atoms with E-state index in [1.54, 1.807) is 17.4 Å². The molecule has 0 N–H and O–H groups in total. The van der Waals surface area contributed by atoms with E-state index in [0.717, 1.165) is 24.2 Å². The Morgan fingerprint density at radius 3 is 2.88 bits per heavy atom. The average molecular weight is 219 g/mol. The predicted molar refractivity (Wildman–Crippen MR) is 60.6 cm³/mol. The lowest BCUT2D eigenvalue weighted by atomic mass is 10.3.